The van der Waals surface area contributed by atoms with E-state index in [1.807, 2.05) is 38.4 Å². The molecular formula is C14H19N3OS. The zero-order chi connectivity index (χ0) is 13.7. The van der Waals surface area contributed by atoms with Crippen molar-refractivity contribution in [2.75, 3.05) is 0 Å². The molecule has 0 amide bonds. The summed E-state index contributed by atoms with van der Waals surface area (Å²) < 4.78 is 5.70. The van der Waals surface area contributed by atoms with Crippen molar-refractivity contribution in [1.29, 1.82) is 0 Å². The molecule has 5 heteroatoms. The maximum absolute atomic E-state index is 5.70. The van der Waals surface area contributed by atoms with Gasteiger partial charge in [-0.25, -0.2) is 9.97 Å². The number of rotatable bonds is 6. The van der Waals surface area contributed by atoms with E-state index in [-0.39, 0.29) is 6.10 Å². The Morgan fingerprint density at radius 2 is 2.16 bits per heavy atom. The molecule has 0 aliphatic heterocycles. The monoisotopic (exact) mass is 277 g/mol. The second kappa shape index (κ2) is 6.63. The highest BCUT2D eigenvalue weighted by Crippen LogP contribution is 2.16. The van der Waals surface area contributed by atoms with Crippen molar-refractivity contribution in [2.24, 2.45) is 0 Å². The van der Waals surface area contributed by atoms with E-state index in [2.05, 4.69) is 15.3 Å². The Labute approximate surface area is 117 Å². The highest BCUT2D eigenvalue weighted by atomic mass is 32.1. The molecule has 2 rings (SSSR count). The summed E-state index contributed by atoms with van der Waals surface area (Å²) in [5, 5.41) is 3.41. The molecule has 19 heavy (non-hydrogen) atoms. The summed E-state index contributed by atoms with van der Waals surface area (Å²) in [7, 11) is 0. The van der Waals surface area contributed by atoms with Gasteiger partial charge in [0.05, 0.1) is 17.3 Å². The van der Waals surface area contributed by atoms with Crippen molar-refractivity contribution < 1.29 is 4.74 Å². The van der Waals surface area contributed by atoms with E-state index >= 15 is 0 Å². The lowest BCUT2D eigenvalue weighted by Gasteiger charge is -2.13. The van der Waals surface area contributed by atoms with E-state index < -0.39 is 0 Å². The number of aryl methyl sites for hydroxylation is 1. The summed E-state index contributed by atoms with van der Waals surface area (Å²) in [6, 6.07) is 3.97. The third-order valence-corrected chi connectivity index (χ3v) is 3.58. The van der Waals surface area contributed by atoms with Crippen LogP contribution < -0.4 is 10.1 Å². The van der Waals surface area contributed by atoms with Gasteiger partial charge in [-0.1, -0.05) is 6.07 Å². The molecule has 2 heterocycles. The van der Waals surface area contributed by atoms with Crippen molar-refractivity contribution in [3.8, 4) is 5.88 Å². The van der Waals surface area contributed by atoms with Crippen LogP contribution in [0, 0.1) is 6.92 Å². The quantitative estimate of drug-likeness (QED) is 0.882. The maximum atomic E-state index is 5.70. The van der Waals surface area contributed by atoms with Gasteiger partial charge in [-0.05, 0) is 26.8 Å². The lowest BCUT2D eigenvalue weighted by Crippen LogP contribution is -2.15. The molecule has 0 spiro atoms. The van der Waals surface area contributed by atoms with Gasteiger partial charge in [0.25, 0.3) is 0 Å². The zero-order valence-corrected chi connectivity index (χ0v) is 12.3. The topological polar surface area (TPSA) is 47.0 Å². The summed E-state index contributed by atoms with van der Waals surface area (Å²) in [5.41, 5.74) is 4.06. The van der Waals surface area contributed by atoms with E-state index in [4.69, 9.17) is 4.74 Å². The van der Waals surface area contributed by atoms with Gasteiger partial charge in [0.2, 0.25) is 5.88 Å². The molecule has 0 aliphatic rings. The number of ether oxygens (including phenoxy) is 1. The van der Waals surface area contributed by atoms with Gasteiger partial charge < -0.3 is 10.1 Å². The van der Waals surface area contributed by atoms with E-state index in [9.17, 15) is 0 Å². The lowest BCUT2D eigenvalue weighted by molar-refractivity contribution is 0.229. The number of nitrogens with zero attached hydrogens (tertiary/aromatic N) is 2. The molecular weight excluding hydrogens is 258 g/mol. The van der Waals surface area contributed by atoms with E-state index in [0.717, 1.165) is 24.3 Å². The Hall–Kier alpha value is -1.46. The molecule has 0 atom stereocenters. The molecule has 4 nitrogen and oxygen atoms in total. The van der Waals surface area contributed by atoms with Crippen molar-refractivity contribution in [3.05, 3.63) is 40.0 Å². The normalized spacial score (nSPS) is 10.9. The lowest BCUT2D eigenvalue weighted by atomic mass is 10.2. The standard InChI is InChI=1S/C14H19N3OS/c1-10(2)18-14-12(5-4-6-16-14)7-15-8-13-11(3)17-9-19-13/h4-6,9-10,15H,7-8H2,1-3H3. The summed E-state index contributed by atoms with van der Waals surface area (Å²) >= 11 is 1.68. The molecule has 0 saturated heterocycles. The largest absolute Gasteiger partial charge is 0.475 e. The highest BCUT2D eigenvalue weighted by molar-refractivity contribution is 7.09. The van der Waals surface area contributed by atoms with Crippen LogP contribution in [-0.2, 0) is 13.1 Å². The van der Waals surface area contributed by atoms with E-state index in [0.29, 0.717) is 5.88 Å². The van der Waals surface area contributed by atoms with Gasteiger partial charge in [-0.15, -0.1) is 11.3 Å². The molecule has 2 aromatic heterocycles. The van der Waals surface area contributed by atoms with Crippen LogP contribution in [0.5, 0.6) is 5.88 Å². The molecule has 0 aliphatic carbocycles. The van der Waals surface area contributed by atoms with Crippen molar-refractivity contribution >= 4 is 11.3 Å². The Morgan fingerprint density at radius 1 is 1.32 bits per heavy atom. The predicted octanol–water partition coefficient (Wildman–Crippen LogP) is 2.92. The average Bonchev–Trinajstić information content (AvgIpc) is 2.77. The third-order valence-electron chi connectivity index (χ3n) is 2.64. The van der Waals surface area contributed by atoms with Crippen LogP contribution in [0.25, 0.3) is 0 Å². The number of pyridine rings is 1. The van der Waals surface area contributed by atoms with E-state index in [1.54, 1.807) is 17.5 Å². The van der Waals surface area contributed by atoms with Gasteiger partial charge in [0, 0.05) is 29.7 Å². The SMILES string of the molecule is Cc1ncsc1CNCc1cccnc1OC(C)C. The molecule has 1 N–H and O–H groups in total. The van der Waals surface area contributed by atoms with Gasteiger partial charge >= 0.3 is 0 Å². The van der Waals surface area contributed by atoms with Crippen LogP contribution in [0.1, 0.15) is 30.0 Å². The second-order valence-electron chi connectivity index (χ2n) is 4.60. The third kappa shape index (κ3) is 4.01. The maximum Gasteiger partial charge on any atom is 0.218 e. The number of nitrogens with one attached hydrogen (secondary N) is 1. The molecule has 2 aromatic rings. The fourth-order valence-corrected chi connectivity index (χ4v) is 2.44. The number of hydrogen-bond acceptors (Lipinski definition) is 5. The smallest absolute Gasteiger partial charge is 0.218 e. The van der Waals surface area contributed by atoms with Crippen molar-refractivity contribution in [1.82, 2.24) is 15.3 Å². The summed E-state index contributed by atoms with van der Waals surface area (Å²) in [4.78, 5) is 9.79. The first-order valence-electron chi connectivity index (χ1n) is 6.37. The number of hydrogen-bond donors (Lipinski definition) is 1. The van der Waals surface area contributed by atoms with Gasteiger partial charge in [-0.2, -0.15) is 0 Å². The highest BCUT2D eigenvalue weighted by Gasteiger charge is 2.07. The van der Waals surface area contributed by atoms with Crippen LogP contribution in [0.4, 0.5) is 0 Å². The Kier molecular flexibility index (Phi) is 4.87. The summed E-state index contributed by atoms with van der Waals surface area (Å²) in [5.74, 6) is 0.714. The number of aromatic nitrogens is 2. The molecule has 0 radical (unpaired) electrons. The minimum absolute atomic E-state index is 0.136. The van der Waals surface area contributed by atoms with Gasteiger partial charge in [0.15, 0.2) is 0 Å². The first kappa shape index (κ1) is 14.0. The van der Waals surface area contributed by atoms with Crippen LogP contribution in [0.3, 0.4) is 0 Å². The van der Waals surface area contributed by atoms with Gasteiger partial charge in [0.1, 0.15) is 0 Å². The van der Waals surface area contributed by atoms with Crippen LogP contribution >= 0.6 is 11.3 Å². The fraction of sp³-hybridized carbons (Fsp3) is 0.429. The number of thiazole rings is 1. The minimum atomic E-state index is 0.136. The van der Waals surface area contributed by atoms with Crippen molar-refractivity contribution in [3.63, 3.8) is 0 Å². The zero-order valence-electron chi connectivity index (χ0n) is 11.5. The van der Waals surface area contributed by atoms with Crippen molar-refractivity contribution in [2.45, 2.75) is 40.0 Å². The van der Waals surface area contributed by atoms with Crippen LogP contribution in [0.15, 0.2) is 23.8 Å². The first-order chi connectivity index (χ1) is 9.16. The summed E-state index contributed by atoms with van der Waals surface area (Å²) in [6.07, 6.45) is 1.89. The van der Waals surface area contributed by atoms with E-state index in [1.165, 1.54) is 4.88 Å². The fourth-order valence-electron chi connectivity index (χ4n) is 1.69. The van der Waals surface area contributed by atoms with Crippen LogP contribution in [0.2, 0.25) is 0 Å². The molecule has 0 unspecified atom stereocenters. The average molecular weight is 277 g/mol. The first-order valence-corrected chi connectivity index (χ1v) is 7.25. The molecule has 0 fully saturated rings. The summed E-state index contributed by atoms with van der Waals surface area (Å²) in [6.45, 7) is 7.61. The molecule has 102 valence electrons. The van der Waals surface area contributed by atoms with Gasteiger partial charge in [-0.3, -0.25) is 0 Å². The van der Waals surface area contributed by atoms with Crippen LogP contribution in [-0.4, -0.2) is 16.1 Å². The molecule has 0 aromatic carbocycles. The Morgan fingerprint density at radius 3 is 2.84 bits per heavy atom. The molecule has 0 bridgehead atoms. The minimum Gasteiger partial charge on any atom is -0.475 e. The predicted molar refractivity (Wildman–Crippen MR) is 77.4 cm³/mol. The Bertz CT molecular complexity index is 525. The second-order valence-corrected chi connectivity index (χ2v) is 5.54. The molecule has 0 saturated carbocycles. The Balaban J connectivity index is 1.94.